The normalized spacial score (nSPS) is 7.58. The first-order valence-electron chi connectivity index (χ1n) is 2.19. The van der Waals surface area contributed by atoms with Crippen molar-refractivity contribution in [1.82, 2.24) is 0 Å². The van der Waals surface area contributed by atoms with Crippen molar-refractivity contribution < 1.29 is 49.1 Å². The molecule has 0 aromatic heterocycles. The van der Waals surface area contributed by atoms with E-state index >= 15 is 0 Å². The second kappa shape index (κ2) is 38.0. The van der Waals surface area contributed by atoms with Gasteiger partial charge in [-0.1, -0.05) is 0 Å². The topological polar surface area (TPSA) is 277 Å². The van der Waals surface area contributed by atoms with E-state index in [1.165, 1.54) is 0 Å². The van der Waals surface area contributed by atoms with Crippen LogP contribution in [0.1, 0.15) is 0 Å². The zero-order valence-corrected chi connectivity index (χ0v) is 24.3. The number of hydrogen-bond donors (Lipinski definition) is 0. The standard InChI is InChI=1S/4AsO3.3Sn/c4*2-1(3)4;;;/q4*-3;3*+4. The van der Waals surface area contributed by atoms with Crippen molar-refractivity contribution in [2.75, 3.05) is 0 Å². The van der Waals surface area contributed by atoms with Gasteiger partial charge in [0.15, 0.2) is 0 Å². The van der Waals surface area contributed by atoms with Crippen LogP contribution in [-0.4, -0.2) is 134 Å². The minimum absolute atomic E-state index is 0. The predicted octanol–water partition coefficient (Wildman–Crippen LogP) is -16.9. The largest absolute Gasteiger partial charge is 4.00 e. The minimum atomic E-state index is -3.94. The summed E-state index contributed by atoms with van der Waals surface area (Å²) < 4.78 is 103. The van der Waals surface area contributed by atoms with Crippen LogP contribution in [0.2, 0.25) is 0 Å². The van der Waals surface area contributed by atoms with E-state index in [0.29, 0.717) is 0 Å². The quantitative estimate of drug-likeness (QED) is 0.206. The molecule has 0 bridgehead atoms. The maximum atomic E-state index is 8.56. The molecule has 0 saturated carbocycles. The fourth-order valence-electron chi connectivity index (χ4n) is 0. The van der Waals surface area contributed by atoms with Gasteiger partial charge < -0.3 is 0 Å². The van der Waals surface area contributed by atoms with Crippen molar-refractivity contribution in [1.29, 1.82) is 0 Å². The molecule has 19 heavy (non-hydrogen) atoms. The molecule has 104 valence electrons. The van der Waals surface area contributed by atoms with Crippen LogP contribution in [0, 0.1) is 0 Å². The van der Waals surface area contributed by atoms with Gasteiger partial charge in [-0.05, 0) is 0 Å². The van der Waals surface area contributed by atoms with Crippen molar-refractivity contribution in [3.63, 3.8) is 0 Å². The van der Waals surface area contributed by atoms with E-state index in [4.69, 9.17) is 49.1 Å². The fourth-order valence-corrected chi connectivity index (χ4v) is 0. The van der Waals surface area contributed by atoms with E-state index in [0.717, 1.165) is 0 Å². The smallest absolute Gasteiger partial charge is 4.00 e. The van der Waals surface area contributed by atoms with Gasteiger partial charge in [0.05, 0.1) is 0 Å². The molecule has 0 aromatic rings. The molecule has 0 radical (unpaired) electrons. The average molecular weight is 848 g/mol. The van der Waals surface area contributed by atoms with E-state index in [2.05, 4.69) is 0 Å². The molecule has 0 fully saturated rings. The van der Waals surface area contributed by atoms with Crippen LogP contribution in [0.3, 0.4) is 0 Å². The van der Waals surface area contributed by atoms with E-state index in [9.17, 15) is 0 Å². The Kier molecular flexibility index (Phi) is 87.1. The molecule has 0 aromatic carbocycles. The molecule has 0 saturated heterocycles. The van der Waals surface area contributed by atoms with Gasteiger partial charge in [-0.25, -0.2) is 0 Å². The van der Waals surface area contributed by atoms with Gasteiger partial charge in [0, 0.05) is 0 Å². The Balaban J connectivity index is -0.0000000192. The zero-order chi connectivity index (χ0) is 14.3. The molecule has 0 aliphatic heterocycles. The van der Waals surface area contributed by atoms with E-state index in [-0.39, 0.29) is 71.7 Å². The predicted molar refractivity (Wildman–Crippen MR) is 40.3 cm³/mol. The van der Waals surface area contributed by atoms with Crippen LogP contribution in [0.4, 0.5) is 0 Å². The molecule has 0 aliphatic carbocycles. The van der Waals surface area contributed by atoms with Crippen LogP contribution in [0.15, 0.2) is 0 Å². The van der Waals surface area contributed by atoms with E-state index in [1.807, 2.05) is 0 Å². The molecule has 0 unspecified atom stereocenters. The molecule has 0 rings (SSSR count). The van der Waals surface area contributed by atoms with Crippen LogP contribution >= 0.6 is 0 Å². The SMILES string of the molecule is [O-][As]([O-])[O-].[O-][As]([O-])[O-].[O-][As]([O-])[O-].[O-][As]([O-])[O-].[Sn+4].[Sn+4].[Sn+4]. The van der Waals surface area contributed by atoms with Crippen molar-refractivity contribution in [2.45, 2.75) is 0 Å². The van der Waals surface area contributed by atoms with Gasteiger partial charge >= 0.3 is 184 Å². The second-order valence-corrected chi connectivity index (χ2v) is 4.65. The molecular weight excluding hydrogens is 848 g/mol. The van der Waals surface area contributed by atoms with Gasteiger partial charge in [-0.3, -0.25) is 0 Å². The molecule has 12 nitrogen and oxygen atoms in total. The third kappa shape index (κ3) is 522. The summed E-state index contributed by atoms with van der Waals surface area (Å²) in [6.45, 7) is 0. The Hall–Kier alpha value is 4.15. The van der Waals surface area contributed by atoms with Gasteiger partial charge in [0.25, 0.3) is 0 Å². The van der Waals surface area contributed by atoms with Gasteiger partial charge in [-0.15, -0.1) is 0 Å². The van der Waals surface area contributed by atoms with Gasteiger partial charge in [0.2, 0.25) is 0 Å². The first-order valence-corrected chi connectivity index (χ1v) is 11.4. The summed E-state index contributed by atoms with van der Waals surface area (Å²) >= 11 is -15.8. The van der Waals surface area contributed by atoms with Crippen LogP contribution in [0.5, 0.6) is 0 Å². The van der Waals surface area contributed by atoms with Crippen molar-refractivity contribution in [3.8, 4) is 0 Å². The van der Waals surface area contributed by atoms with Crippen LogP contribution in [0.25, 0.3) is 0 Å². The number of rotatable bonds is 0. The van der Waals surface area contributed by atoms with Gasteiger partial charge in [-0.2, -0.15) is 0 Å². The van der Waals surface area contributed by atoms with Crippen molar-refractivity contribution >= 4 is 134 Å². The maximum absolute atomic E-state index is 8.56. The molecule has 0 spiro atoms. The maximum Gasteiger partial charge on any atom is 4.00 e. The molecule has 0 N–H and O–H groups in total. The summed E-state index contributed by atoms with van der Waals surface area (Å²) in [7, 11) is 0. The third-order valence-electron chi connectivity index (χ3n) is 0. The summed E-state index contributed by atoms with van der Waals surface area (Å²) in [5, 5.41) is 0. The Morgan fingerprint density at radius 1 is 0.263 bits per heavy atom. The molecule has 0 atom stereocenters. The van der Waals surface area contributed by atoms with E-state index < -0.39 is 62.7 Å². The second-order valence-electron chi connectivity index (χ2n) is 0.894. The fraction of sp³-hybridized carbons (Fsp3) is 0. The monoisotopic (exact) mass is 851 g/mol. The summed E-state index contributed by atoms with van der Waals surface area (Å²) in [4.78, 5) is 0. The molecule has 19 heteroatoms. The van der Waals surface area contributed by atoms with Crippen molar-refractivity contribution in [2.24, 2.45) is 0 Å². The molecule has 0 aliphatic rings. The Morgan fingerprint density at radius 2 is 0.263 bits per heavy atom. The number of hydrogen-bond acceptors (Lipinski definition) is 12. The first kappa shape index (κ1) is 43.5. The Morgan fingerprint density at radius 3 is 0.263 bits per heavy atom. The summed E-state index contributed by atoms with van der Waals surface area (Å²) in [5.41, 5.74) is 0. The van der Waals surface area contributed by atoms with Crippen LogP contribution in [-0.2, 0) is 0 Å². The first-order chi connectivity index (χ1) is 6.93. The minimum Gasteiger partial charge on any atom is 4.00 e. The zero-order valence-electron chi connectivity index (χ0n) is 8.19. The molecule has 0 amide bonds. The Bertz CT molecular complexity index is 68.0. The molecule has 0 heterocycles. The van der Waals surface area contributed by atoms with Crippen LogP contribution < -0.4 is 49.1 Å². The third-order valence-corrected chi connectivity index (χ3v) is 0. The molecular formula is As4O12Sn3. The van der Waals surface area contributed by atoms with Gasteiger partial charge in [0.1, 0.15) is 0 Å². The summed E-state index contributed by atoms with van der Waals surface area (Å²) in [5.74, 6) is 0. The summed E-state index contributed by atoms with van der Waals surface area (Å²) in [6.07, 6.45) is 0. The Labute approximate surface area is 180 Å². The summed E-state index contributed by atoms with van der Waals surface area (Å²) in [6, 6.07) is 0. The van der Waals surface area contributed by atoms with E-state index in [1.54, 1.807) is 0 Å². The van der Waals surface area contributed by atoms with Crippen molar-refractivity contribution in [3.05, 3.63) is 0 Å². The average Bonchev–Trinajstić information content (AvgIpc) is 1.76.